The lowest BCUT2D eigenvalue weighted by Crippen LogP contribution is -2.11. The van der Waals surface area contributed by atoms with E-state index in [1.165, 1.54) is 0 Å². The van der Waals surface area contributed by atoms with Crippen molar-refractivity contribution in [3.05, 3.63) is 46.4 Å². The highest BCUT2D eigenvalue weighted by atomic mass is 79.9. The molecule has 0 saturated heterocycles. The Bertz CT molecular complexity index is 612. The maximum atomic E-state index is 10.5. The molecule has 3 nitrogen and oxygen atoms in total. The summed E-state index contributed by atoms with van der Waals surface area (Å²) in [6.45, 7) is 0. The molecule has 0 radical (unpaired) electrons. The lowest BCUT2D eigenvalue weighted by molar-refractivity contribution is -0.137. The van der Waals surface area contributed by atoms with Crippen LogP contribution in [-0.2, 0) is 4.79 Å². The molecule has 20 heavy (non-hydrogen) atoms. The Morgan fingerprint density at radius 1 is 1.15 bits per heavy atom. The highest BCUT2D eigenvalue weighted by Gasteiger charge is 2.11. The van der Waals surface area contributed by atoms with E-state index in [9.17, 15) is 4.79 Å². The predicted molar refractivity (Wildman–Crippen MR) is 84.7 cm³/mol. The molecule has 0 bridgehead atoms. The number of halogens is 1. The highest BCUT2D eigenvalue weighted by molar-refractivity contribution is 9.10. The standard InChI is InChI=1S/C16H18BrNO2/c17-14-10-9-13(11-5-1-2-6-12(11)14)15(18)7-3-4-8-16(19)20/h1-2,5-6,9-10,15H,3-4,7-8,18H2,(H,19,20). The summed E-state index contributed by atoms with van der Waals surface area (Å²) in [7, 11) is 0. The maximum absolute atomic E-state index is 10.5. The topological polar surface area (TPSA) is 63.3 Å². The van der Waals surface area contributed by atoms with Crippen LogP contribution in [0.1, 0.15) is 37.3 Å². The highest BCUT2D eigenvalue weighted by Crippen LogP contribution is 2.31. The second-order valence-corrected chi connectivity index (χ2v) is 5.78. The van der Waals surface area contributed by atoms with Crippen LogP contribution in [0, 0.1) is 0 Å². The molecule has 1 atom stereocenters. The summed E-state index contributed by atoms with van der Waals surface area (Å²) < 4.78 is 1.06. The van der Waals surface area contributed by atoms with Crippen molar-refractivity contribution in [2.75, 3.05) is 0 Å². The first-order valence-electron chi connectivity index (χ1n) is 6.74. The summed E-state index contributed by atoms with van der Waals surface area (Å²) in [5.41, 5.74) is 7.39. The molecular weight excluding hydrogens is 318 g/mol. The van der Waals surface area contributed by atoms with Gasteiger partial charge in [0.05, 0.1) is 0 Å². The first-order chi connectivity index (χ1) is 9.59. The van der Waals surface area contributed by atoms with E-state index in [0.29, 0.717) is 6.42 Å². The molecule has 0 fully saturated rings. The molecular formula is C16H18BrNO2. The summed E-state index contributed by atoms with van der Waals surface area (Å²) in [6, 6.07) is 12.2. The zero-order chi connectivity index (χ0) is 14.5. The summed E-state index contributed by atoms with van der Waals surface area (Å²) in [5, 5.41) is 10.9. The minimum atomic E-state index is -0.743. The third-order valence-electron chi connectivity index (χ3n) is 3.46. The number of carboxylic acid groups (broad SMARTS) is 1. The van der Waals surface area contributed by atoms with E-state index in [0.717, 1.165) is 33.7 Å². The molecule has 0 amide bonds. The quantitative estimate of drug-likeness (QED) is 0.775. The fourth-order valence-corrected chi connectivity index (χ4v) is 2.88. The molecule has 3 N–H and O–H groups in total. The summed E-state index contributed by atoms with van der Waals surface area (Å²) in [4.78, 5) is 10.5. The SMILES string of the molecule is NC(CCCCC(=O)O)c1ccc(Br)c2ccccc12. The minimum Gasteiger partial charge on any atom is -0.481 e. The number of unbranched alkanes of at least 4 members (excludes halogenated alkanes) is 1. The van der Waals surface area contributed by atoms with Gasteiger partial charge in [-0.15, -0.1) is 0 Å². The van der Waals surface area contributed by atoms with Crippen LogP contribution >= 0.6 is 15.9 Å². The third-order valence-corrected chi connectivity index (χ3v) is 4.15. The van der Waals surface area contributed by atoms with Crippen molar-refractivity contribution in [3.8, 4) is 0 Å². The lowest BCUT2D eigenvalue weighted by atomic mass is 9.95. The molecule has 0 aliphatic rings. The summed E-state index contributed by atoms with van der Waals surface area (Å²) >= 11 is 3.55. The van der Waals surface area contributed by atoms with Crippen molar-refractivity contribution in [1.29, 1.82) is 0 Å². The second-order valence-electron chi connectivity index (χ2n) is 4.93. The van der Waals surface area contributed by atoms with Crippen LogP contribution < -0.4 is 5.73 Å². The van der Waals surface area contributed by atoms with Crippen molar-refractivity contribution >= 4 is 32.7 Å². The van der Waals surface area contributed by atoms with Crippen molar-refractivity contribution in [3.63, 3.8) is 0 Å². The predicted octanol–water partition coefficient (Wildman–Crippen LogP) is 4.25. The van der Waals surface area contributed by atoms with E-state index >= 15 is 0 Å². The van der Waals surface area contributed by atoms with Gasteiger partial charge in [0.1, 0.15) is 0 Å². The van der Waals surface area contributed by atoms with Gasteiger partial charge in [-0.25, -0.2) is 0 Å². The molecule has 0 aliphatic carbocycles. The Balaban J connectivity index is 2.12. The van der Waals surface area contributed by atoms with Gasteiger partial charge >= 0.3 is 5.97 Å². The van der Waals surface area contributed by atoms with Gasteiger partial charge in [-0.3, -0.25) is 4.79 Å². The molecule has 0 heterocycles. The van der Waals surface area contributed by atoms with Crippen molar-refractivity contribution in [2.45, 2.75) is 31.7 Å². The average molecular weight is 336 g/mol. The lowest BCUT2D eigenvalue weighted by Gasteiger charge is -2.15. The van der Waals surface area contributed by atoms with Gasteiger partial charge in [-0.1, -0.05) is 52.7 Å². The minimum absolute atomic E-state index is 0.0539. The van der Waals surface area contributed by atoms with E-state index in [2.05, 4.69) is 28.1 Å². The second kappa shape index (κ2) is 6.86. The number of benzene rings is 2. The van der Waals surface area contributed by atoms with E-state index in [4.69, 9.17) is 10.8 Å². The summed E-state index contributed by atoms with van der Waals surface area (Å²) in [5.74, 6) is -0.743. The van der Waals surface area contributed by atoms with Crippen LogP contribution in [-0.4, -0.2) is 11.1 Å². The third kappa shape index (κ3) is 3.58. The van der Waals surface area contributed by atoms with Crippen LogP contribution in [0.3, 0.4) is 0 Å². The number of rotatable bonds is 6. The summed E-state index contributed by atoms with van der Waals surface area (Å²) in [6.07, 6.45) is 2.53. The van der Waals surface area contributed by atoms with Gasteiger partial charge < -0.3 is 10.8 Å². The van der Waals surface area contributed by atoms with Crippen molar-refractivity contribution in [1.82, 2.24) is 0 Å². The molecule has 0 aliphatic heterocycles. The van der Waals surface area contributed by atoms with E-state index in [1.54, 1.807) is 0 Å². The molecule has 2 rings (SSSR count). The van der Waals surface area contributed by atoms with Crippen LogP contribution in [0.2, 0.25) is 0 Å². The Morgan fingerprint density at radius 3 is 2.55 bits per heavy atom. The molecule has 4 heteroatoms. The van der Waals surface area contributed by atoms with Crippen LogP contribution in [0.25, 0.3) is 10.8 Å². The van der Waals surface area contributed by atoms with Gasteiger partial charge in [0.15, 0.2) is 0 Å². The van der Waals surface area contributed by atoms with Gasteiger partial charge in [0.25, 0.3) is 0 Å². The zero-order valence-corrected chi connectivity index (χ0v) is 12.8. The number of fused-ring (bicyclic) bond motifs is 1. The molecule has 2 aromatic carbocycles. The van der Waals surface area contributed by atoms with Crippen LogP contribution in [0.15, 0.2) is 40.9 Å². The first kappa shape index (κ1) is 15.0. The fraction of sp³-hybridized carbons (Fsp3) is 0.312. The van der Waals surface area contributed by atoms with Gasteiger partial charge in [-0.2, -0.15) is 0 Å². The molecule has 0 saturated carbocycles. The van der Waals surface area contributed by atoms with Gasteiger partial charge in [-0.05, 0) is 35.2 Å². The average Bonchev–Trinajstić information content (AvgIpc) is 2.44. The first-order valence-corrected chi connectivity index (χ1v) is 7.53. The monoisotopic (exact) mass is 335 g/mol. The Kier molecular flexibility index (Phi) is 5.15. The number of nitrogens with two attached hydrogens (primary N) is 1. The van der Waals surface area contributed by atoms with E-state index in [-0.39, 0.29) is 12.5 Å². The Morgan fingerprint density at radius 2 is 1.85 bits per heavy atom. The molecule has 1 unspecified atom stereocenters. The van der Waals surface area contributed by atoms with Crippen molar-refractivity contribution < 1.29 is 9.90 Å². The number of hydrogen-bond acceptors (Lipinski definition) is 2. The molecule has 0 aromatic heterocycles. The van der Waals surface area contributed by atoms with Crippen LogP contribution in [0.5, 0.6) is 0 Å². The zero-order valence-electron chi connectivity index (χ0n) is 11.2. The Hall–Kier alpha value is -1.39. The van der Waals surface area contributed by atoms with Crippen LogP contribution in [0.4, 0.5) is 0 Å². The Labute approximate surface area is 126 Å². The number of aliphatic carboxylic acids is 1. The normalized spacial score (nSPS) is 12.5. The largest absolute Gasteiger partial charge is 0.481 e. The van der Waals surface area contributed by atoms with E-state index in [1.807, 2.05) is 24.3 Å². The molecule has 106 valence electrons. The smallest absolute Gasteiger partial charge is 0.303 e. The molecule has 0 spiro atoms. The number of hydrogen-bond donors (Lipinski definition) is 2. The number of carboxylic acids is 1. The number of carbonyl (C=O) groups is 1. The van der Waals surface area contributed by atoms with Gasteiger partial charge in [0.2, 0.25) is 0 Å². The van der Waals surface area contributed by atoms with Gasteiger partial charge in [0, 0.05) is 16.9 Å². The van der Waals surface area contributed by atoms with E-state index < -0.39 is 5.97 Å². The molecule has 2 aromatic rings. The maximum Gasteiger partial charge on any atom is 0.303 e. The fourth-order valence-electron chi connectivity index (χ4n) is 2.40. The van der Waals surface area contributed by atoms with Crippen molar-refractivity contribution in [2.24, 2.45) is 5.73 Å².